The minimum atomic E-state index is -0.357. The van der Waals surface area contributed by atoms with Crippen LogP contribution in [0.5, 0.6) is 0 Å². The van der Waals surface area contributed by atoms with Gasteiger partial charge in [-0.05, 0) is 6.92 Å². The fraction of sp³-hybridized carbons (Fsp3) is 0.333. The van der Waals surface area contributed by atoms with Crippen LogP contribution in [0.15, 0.2) is 29.9 Å². The second kappa shape index (κ2) is 7.85. The van der Waals surface area contributed by atoms with Crippen LogP contribution in [-0.2, 0) is 6.54 Å². The summed E-state index contributed by atoms with van der Waals surface area (Å²) in [6.07, 6.45) is 6.16. The Kier molecular flexibility index (Phi) is 5.84. The molecule has 1 unspecified atom stereocenters. The molecule has 22 heavy (non-hydrogen) atoms. The maximum atomic E-state index is 10.6. The highest BCUT2D eigenvalue weighted by atomic mass is 35.5. The maximum Gasteiger partial charge on any atom is 0.215 e. The van der Waals surface area contributed by atoms with E-state index in [1.165, 1.54) is 24.4 Å². The van der Waals surface area contributed by atoms with Gasteiger partial charge >= 0.3 is 0 Å². The van der Waals surface area contributed by atoms with Crippen LogP contribution < -0.4 is 5.32 Å². The summed E-state index contributed by atoms with van der Waals surface area (Å²) in [5, 5.41) is 13.7. The Morgan fingerprint density at radius 3 is 2.77 bits per heavy atom. The SMILES string of the molecule is CC(C[N+](=O)[O-])Sc1c(Cl)ncnc1NCc1cncnc1. The van der Waals surface area contributed by atoms with Crippen LogP contribution in [0.25, 0.3) is 0 Å². The molecule has 0 fully saturated rings. The number of nitro groups is 1. The normalized spacial score (nSPS) is 11.9. The molecule has 0 aliphatic carbocycles. The van der Waals surface area contributed by atoms with Crippen LogP contribution >= 0.6 is 23.4 Å². The number of thioether (sulfide) groups is 1. The van der Waals surface area contributed by atoms with E-state index in [-0.39, 0.29) is 21.9 Å². The molecule has 2 aromatic rings. The fourth-order valence-electron chi connectivity index (χ4n) is 1.64. The Morgan fingerprint density at radius 2 is 2.09 bits per heavy atom. The Labute approximate surface area is 135 Å². The molecule has 2 heterocycles. The molecule has 0 aliphatic rings. The summed E-state index contributed by atoms with van der Waals surface area (Å²) in [6, 6.07) is 0. The van der Waals surface area contributed by atoms with E-state index in [2.05, 4.69) is 25.3 Å². The van der Waals surface area contributed by atoms with E-state index in [0.717, 1.165) is 5.56 Å². The van der Waals surface area contributed by atoms with Crippen LogP contribution in [-0.4, -0.2) is 36.7 Å². The number of hydrogen-bond acceptors (Lipinski definition) is 8. The zero-order valence-electron chi connectivity index (χ0n) is 11.6. The van der Waals surface area contributed by atoms with E-state index >= 15 is 0 Å². The molecule has 1 N–H and O–H groups in total. The molecule has 116 valence electrons. The zero-order chi connectivity index (χ0) is 15.9. The fourth-order valence-corrected chi connectivity index (χ4v) is 2.89. The quantitative estimate of drug-likeness (QED) is 0.354. The van der Waals surface area contributed by atoms with Gasteiger partial charge in [-0.25, -0.2) is 19.9 Å². The summed E-state index contributed by atoms with van der Waals surface area (Å²) in [7, 11) is 0. The van der Waals surface area contributed by atoms with Crippen molar-refractivity contribution < 1.29 is 4.92 Å². The third-order valence-electron chi connectivity index (χ3n) is 2.56. The van der Waals surface area contributed by atoms with Gasteiger partial charge in [0.25, 0.3) is 0 Å². The average molecular weight is 341 g/mol. The lowest BCUT2D eigenvalue weighted by molar-refractivity contribution is -0.478. The number of halogens is 1. The average Bonchev–Trinajstić information content (AvgIpc) is 2.48. The van der Waals surface area contributed by atoms with Crippen molar-refractivity contribution in [1.29, 1.82) is 0 Å². The number of aromatic nitrogens is 4. The number of nitrogens with one attached hydrogen (secondary N) is 1. The zero-order valence-corrected chi connectivity index (χ0v) is 13.2. The van der Waals surface area contributed by atoms with Gasteiger partial charge in [-0.2, -0.15) is 0 Å². The van der Waals surface area contributed by atoms with Crippen LogP contribution in [0.1, 0.15) is 12.5 Å². The summed E-state index contributed by atoms with van der Waals surface area (Å²) >= 11 is 7.35. The highest BCUT2D eigenvalue weighted by Gasteiger charge is 2.17. The third kappa shape index (κ3) is 4.78. The number of hydrogen-bond donors (Lipinski definition) is 1. The van der Waals surface area contributed by atoms with E-state index < -0.39 is 0 Å². The molecule has 2 aromatic heterocycles. The van der Waals surface area contributed by atoms with Crippen molar-refractivity contribution in [2.75, 3.05) is 11.9 Å². The van der Waals surface area contributed by atoms with Crippen molar-refractivity contribution in [3.63, 3.8) is 0 Å². The Balaban J connectivity index is 2.10. The molecule has 0 saturated carbocycles. The first kappa shape index (κ1) is 16.4. The van der Waals surface area contributed by atoms with E-state index in [1.807, 2.05) is 0 Å². The monoisotopic (exact) mass is 340 g/mol. The van der Waals surface area contributed by atoms with Crippen molar-refractivity contribution in [2.45, 2.75) is 23.6 Å². The van der Waals surface area contributed by atoms with Crippen molar-refractivity contribution >= 4 is 29.2 Å². The Hall–Kier alpha value is -2.00. The van der Waals surface area contributed by atoms with Crippen LogP contribution in [0.3, 0.4) is 0 Å². The van der Waals surface area contributed by atoms with Crippen molar-refractivity contribution in [2.24, 2.45) is 0 Å². The Bertz CT molecular complexity index is 645. The first-order valence-corrected chi connectivity index (χ1v) is 7.58. The van der Waals surface area contributed by atoms with Gasteiger partial charge in [0.1, 0.15) is 23.6 Å². The molecule has 0 aliphatic heterocycles. The number of nitrogens with zero attached hydrogens (tertiary/aromatic N) is 5. The summed E-state index contributed by atoms with van der Waals surface area (Å²) in [5.41, 5.74) is 0.881. The van der Waals surface area contributed by atoms with Gasteiger partial charge in [-0.15, -0.1) is 11.8 Å². The second-order valence-electron chi connectivity index (χ2n) is 4.39. The van der Waals surface area contributed by atoms with Crippen LogP contribution in [0, 0.1) is 10.1 Å². The number of rotatable bonds is 7. The molecule has 0 bridgehead atoms. The number of anilines is 1. The van der Waals surface area contributed by atoms with Crippen molar-refractivity contribution in [1.82, 2.24) is 19.9 Å². The maximum absolute atomic E-state index is 10.6. The first-order chi connectivity index (χ1) is 10.6. The third-order valence-corrected chi connectivity index (χ3v) is 4.13. The van der Waals surface area contributed by atoms with Gasteiger partial charge in [0, 0.05) is 29.4 Å². The molecule has 0 spiro atoms. The molecule has 8 nitrogen and oxygen atoms in total. The highest BCUT2D eigenvalue weighted by molar-refractivity contribution is 8.00. The Morgan fingerprint density at radius 1 is 1.36 bits per heavy atom. The minimum absolute atomic E-state index is 0.165. The summed E-state index contributed by atoms with van der Waals surface area (Å²) in [5.74, 6) is 0.532. The summed E-state index contributed by atoms with van der Waals surface area (Å²) in [6.45, 7) is 2.05. The molecule has 10 heteroatoms. The van der Waals surface area contributed by atoms with Gasteiger partial charge in [0.2, 0.25) is 6.54 Å². The van der Waals surface area contributed by atoms with E-state index in [4.69, 9.17) is 11.6 Å². The standard InChI is InChI=1S/C12H13ClN6O2S/c1-8(5-19(20)21)22-10-11(13)17-7-18-12(10)16-4-9-2-14-6-15-3-9/h2-3,6-8H,4-5H2,1H3,(H,16,17,18). The molecule has 2 rings (SSSR count). The largest absolute Gasteiger partial charge is 0.365 e. The molecular formula is C12H13ClN6O2S. The first-order valence-electron chi connectivity index (χ1n) is 6.33. The lowest BCUT2D eigenvalue weighted by Crippen LogP contribution is -2.13. The lowest BCUT2D eigenvalue weighted by atomic mass is 10.3. The summed E-state index contributed by atoms with van der Waals surface area (Å²) < 4.78 is 0. The molecular weight excluding hydrogens is 328 g/mol. The lowest BCUT2D eigenvalue weighted by Gasteiger charge is -2.13. The van der Waals surface area contributed by atoms with Gasteiger partial charge < -0.3 is 5.32 Å². The van der Waals surface area contributed by atoms with E-state index in [9.17, 15) is 10.1 Å². The molecule has 0 amide bonds. The molecule has 0 radical (unpaired) electrons. The van der Waals surface area contributed by atoms with Crippen LogP contribution in [0.2, 0.25) is 5.15 Å². The van der Waals surface area contributed by atoms with Gasteiger partial charge in [0.15, 0.2) is 0 Å². The van der Waals surface area contributed by atoms with Crippen LogP contribution in [0.4, 0.5) is 5.82 Å². The topological polar surface area (TPSA) is 107 Å². The molecule has 0 saturated heterocycles. The minimum Gasteiger partial charge on any atom is -0.365 e. The van der Waals surface area contributed by atoms with Crippen molar-refractivity contribution in [3.05, 3.63) is 45.9 Å². The molecule has 1 atom stereocenters. The van der Waals surface area contributed by atoms with E-state index in [1.54, 1.807) is 19.3 Å². The van der Waals surface area contributed by atoms with Gasteiger partial charge in [-0.1, -0.05) is 11.6 Å². The second-order valence-corrected chi connectivity index (χ2v) is 6.19. The highest BCUT2D eigenvalue weighted by Crippen LogP contribution is 2.34. The summed E-state index contributed by atoms with van der Waals surface area (Å²) in [4.78, 5) is 26.7. The smallest absolute Gasteiger partial charge is 0.215 e. The van der Waals surface area contributed by atoms with Gasteiger partial charge in [0.05, 0.1) is 10.1 Å². The predicted octanol–water partition coefficient (Wildman–Crippen LogP) is 2.29. The van der Waals surface area contributed by atoms with Crippen molar-refractivity contribution in [3.8, 4) is 0 Å². The predicted molar refractivity (Wildman–Crippen MR) is 83.6 cm³/mol. The molecule has 0 aromatic carbocycles. The van der Waals surface area contributed by atoms with Gasteiger partial charge in [-0.3, -0.25) is 10.1 Å². The van der Waals surface area contributed by atoms with E-state index in [0.29, 0.717) is 17.3 Å².